The fourth-order valence-electron chi connectivity index (χ4n) is 3.40. The van der Waals surface area contributed by atoms with Gasteiger partial charge in [-0.05, 0) is 45.6 Å². The maximum Gasteiger partial charge on any atom is 0.295 e. The number of rotatable bonds is 5. The number of ketones is 1. The van der Waals surface area contributed by atoms with Crippen molar-refractivity contribution in [2.24, 2.45) is 0 Å². The van der Waals surface area contributed by atoms with Gasteiger partial charge in [-0.25, -0.2) is 14.4 Å². The fourth-order valence-corrected chi connectivity index (χ4v) is 3.40. The molecule has 2 aromatic rings. The van der Waals surface area contributed by atoms with Crippen molar-refractivity contribution in [3.8, 4) is 0 Å². The van der Waals surface area contributed by atoms with Crippen molar-refractivity contribution in [3.05, 3.63) is 64.5 Å². The van der Waals surface area contributed by atoms with Gasteiger partial charge in [0.2, 0.25) is 0 Å². The molecule has 1 atom stereocenters. The molecule has 0 aliphatic carbocycles. The summed E-state index contributed by atoms with van der Waals surface area (Å²) in [4.78, 5) is 37.2. The van der Waals surface area contributed by atoms with Crippen LogP contribution in [-0.2, 0) is 9.59 Å². The Morgan fingerprint density at radius 3 is 2.62 bits per heavy atom. The van der Waals surface area contributed by atoms with E-state index in [-0.39, 0.29) is 23.4 Å². The van der Waals surface area contributed by atoms with E-state index >= 15 is 0 Å². The molecule has 3 rings (SSSR count). The molecule has 0 unspecified atom stereocenters. The van der Waals surface area contributed by atoms with E-state index in [1.54, 1.807) is 19.9 Å². The number of halogens is 1. The molecule has 0 saturated carbocycles. The summed E-state index contributed by atoms with van der Waals surface area (Å²) in [5, 5.41) is 11.0. The molecule has 1 saturated heterocycles. The van der Waals surface area contributed by atoms with E-state index < -0.39 is 23.5 Å². The number of likely N-dealkylation sites (tertiary alicyclic amines) is 1. The Kier molecular flexibility index (Phi) is 5.74. The molecule has 29 heavy (non-hydrogen) atoms. The van der Waals surface area contributed by atoms with Crippen LogP contribution in [0.15, 0.2) is 36.0 Å². The number of nitrogens with zero attached hydrogens (tertiary/aromatic N) is 4. The zero-order valence-corrected chi connectivity index (χ0v) is 16.8. The highest BCUT2D eigenvalue weighted by molar-refractivity contribution is 6.46. The number of aliphatic hydroxyl groups excluding tert-OH is 1. The van der Waals surface area contributed by atoms with Crippen molar-refractivity contribution in [2.45, 2.75) is 19.9 Å². The SMILES string of the molecule is Cc1ncc(/C(O)=C2\C(=O)C(=O)N(CCN(C)C)[C@H]2c2cccc(F)c2)c(C)n1. The van der Waals surface area contributed by atoms with Crippen molar-refractivity contribution in [1.29, 1.82) is 0 Å². The van der Waals surface area contributed by atoms with Gasteiger partial charge in [-0.2, -0.15) is 0 Å². The van der Waals surface area contributed by atoms with E-state index in [9.17, 15) is 19.1 Å². The highest BCUT2D eigenvalue weighted by Crippen LogP contribution is 2.39. The van der Waals surface area contributed by atoms with Gasteiger partial charge in [0.05, 0.1) is 22.9 Å². The molecule has 1 amide bonds. The van der Waals surface area contributed by atoms with E-state index in [0.717, 1.165) is 0 Å². The van der Waals surface area contributed by atoms with Gasteiger partial charge in [0.15, 0.2) is 0 Å². The highest BCUT2D eigenvalue weighted by atomic mass is 19.1. The molecule has 152 valence electrons. The van der Waals surface area contributed by atoms with Crippen LogP contribution in [0.25, 0.3) is 5.76 Å². The van der Waals surface area contributed by atoms with E-state index in [1.807, 2.05) is 19.0 Å². The fraction of sp³-hybridized carbons (Fsp3) is 0.333. The van der Waals surface area contributed by atoms with Crippen molar-refractivity contribution >= 4 is 17.4 Å². The number of hydrogen-bond donors (Lipinski definition) is 1. The lowest BCUT2D eigenvalue weighted by atomic mass is 9.95. The molecule has 7 nitrogen and oxygen atoms in total. The Bertz CT molecular complexity index is 1000. The molecule has 1 aromatic carbocycles. The summed E-state index contributed by atoms with van der Waals surface area (Å²) in [6.07, 6.45) is 1.42. The Labute approximate surface area is 168 Å². The minimum absolute atomic E-state index is 0.0880. The summed E-state index contributed by atoms with van der Waals surface area (Å²) in [5.74, 6) is -1.87. The number of carbonyl (C=O) groups excluding carboxylic acids is 2. The number of aliphatic hydroxyl groups is 1. The molecule has 1 N–H and O–H groups in total. The van der Waals surface area contributed by atoms with Crippen LogP contribution in [0.3, 0.4) is 0 Å². The number of hydrogen-bond acceptors (Lipinski definition) is 6. The largest absolute Gasteiger partial charge is 0.507 e. The average Bonchev–Trinajstić information content (AvgIpc) is 2.90. The molecular weight excluding hydrogens is 375 g/mol. The summed E-state index contributed by atoms with van der Waals surface area (Å²) in [7, 11) is 3.70. The highest BCUT2D eigenvalue weighted by Gasteiger charge is 2.46. The quantitative estimate of drug-likeness (QED) is 0.472. The molecule has 1 fully saturated rings. The number of likely N-dealkylation sites (N-methyl/N-ethyl adjacent to an activating group) is 1. The van der Waals surface area contributed by atoms with Gasteiger partial charge in [0.1, 0.15) is 17.4 Å². The zero-order chi connectivity index (χ0) is 21.3. The number of aromatic nitrogens is 2. The Morgan fingerprint density at radius 1 is 1.28 bits per heavy atom. The Hall–Kier alpha value is -3.13. The van der Waals surface area contributed by atoms with Crippen LogP contribution in [0.4, 0.5) is 4.39 Å². The van der Waals surface area contributed by atoms with Crippen LogP contribution in [0.5, 0.6) is 0 Å². The molecule has 1 aliphatic heterocycles. The third kappa shape index (κ3) is 4.02. The number of benzene rings is 1. The maximum atomic E-state index is 13.9. The molecule has 0 bridgehead atoms. The Morgan fingerprint density at radius 2 is 2.00 bits per heavy atom. The topological polar surface area (TPSA) is 86.6 Å². The Balaban J connectivity index is 2.19. The molecule has 1 aliphatic rings. The van der Waals surface area contributed by atoms with Gasteiger partial charge < -0.3 is 14.9 Å². The summed E-state index contributed by atoms with van der Waals surface area (Å²) in [5.41, 5.74) is 1.07. The molecule has 2 heterocycles. The first-order valence-electron chi connectivity index (χ1n) is 9.20. The second-order valence-corrected chi connectivity index (χ2v) is 7.27. The minimum Gasteiger partial charge on any atom is -0.507 e. The van der Waals surface area contributed by atoms with Gasteiger partial charge in [0, 0.05) is 19.3 Å². The lowest BCUT2D eigenvalue weighted by Gasteiger charge is -2.26. The molecule has 0 radical (unpaired) electrons. The van der Waals surface area contributed by atoms with Crippen LogP contribution in [0.2, 0.25) is 0 Å². The van der Waals surface area contributed by atoms with E-state index in [0.29, 0.717) is 23.6 Å². The standard InChI is InChI=1S/C21H23FN4O3/c1-12-16(11-23-13(2)24-12)19(27)17-18(14-6-5-7-15(22)10-14)26(9-8-25(3)4)21(29)20(17)28/h5-7,10-11,18,27H,8-9H2,1-4H3/b19-17+/t18-/m0/s1. The van der Waals surface area contributed by atoms with Crippen LogP contribution in [0.1, 0.15) is 28.7 Å². The van der Waals surface area contributed by atoms with Gasteiger partial charge in [-0.15, -0.1) is 0 Å². The number of carbonyl (C=O) groups is 2. The number of amides is 1. The predicted octanol–water partition coefficient (Wildman–Crippen LogP) is 2.22. The van der Waals surface area contributed by atoms with Crippen molar-refractivity contribution in [2.75, 3.05) is 27.2 Å². The van der Waals surface area contributed by atoms with E-state index in [4.69, 9.17) is 0 Å². The summed E-state index contributed by atoms with van der Waals surface area (Å²) in [6.45, 7) is 4.15. The van der Waals surface area contributed by atoms with Gasteiger partial charge in [0.25, 0.3) is 11.7 Å². The molecule has 8 heteroatoms. The zero-order valence-electron chi connectivity index (χ0n) is 16.8. The van der Waals surface area contributed by atoms with Gasteiger partial charge in [-0.1, -0.05) is 12.1 Å². The smallest absolute Gasteiger partial charge is 0.295 e. The van der Waals surface area contributed by atoms with Gasteiger partial charge >= 0.3 is 0 Å². The summed E-state index contributed by atoms with van der Waals surface area (Å²) in [6, 6.07) is 4.80. The predicted molar refractivity (Wildman–Crippen MR) is 105 cm³/mol. The van der Waals surface area contributed by atoms with E-state index in [1.165, 1.54) is 29.3 Å². The summed E-state index contributed by atoms with van der Waals surface area (Å²) < 4.78 is 13.9. The third-order valence-corrected chi connectivity index (χ3v) is 4.85. The third-order valence-electron chi connectivity index (χ3n) is 4.85. The number of Topliss-reactive ketones (excluding diaryl/α,β-unsaturated/α-hetero) is 1. The summed E-state index contributed by atoms with van der Waals surface area (Å²) >= 11 is 0. The monoisotopic (exact) mass is 398 g/mol. The average molecular weight is 398 g/mol. The van der Waals surface area contributed by atoms with Crippen LogP contribution in [-0.4, -0.2) is 63.7 Å². The van der Waals surface area contributed by atoms with Gasteiger partial charge in [-0.3, -0.25) is 9.59 Å². The maximum absolute atomic E-state index is 13.9. The van der Waals surface area contributed by atoms with Crippen LogP contribution < -0.4 is 0 Å². The molecular formula is C21H23FN4O3. The van der Waals surface area contributed by atoms with Crippen molar-refractivity contribution in [1.82, 2.24) is 19.8 Å². The lowest BCUT2D eigenvalue weighted by Crippen LogP contribution is -2.35. The first-order valence-corrected chi connectivity index (χ1v) is 9.20. The van der Waals surface area contributed by atoms with E-state index in [2.05, 4.69) is 9.97 Å². The minimum atomic E-state index is -0.897. The van der Waals surface area contributed by atoms with Crippen molar-refractivity contribution < 1.29 is 19.1 Å². The van der Waals surface area contributed by atoms with Crippen LogP contribution >= 0.6 is 0 Å². The lowest BCUT2D eigenvalue weighted by molar-refractivity contribution is -0.140. The second-order valence-electron chi connectivity index (χ2n) is 7.27. The normalized spacial score (nSPS) is 18.7. The first-order chi connectivity index (χ1) is 13.7. The second kappa shape index (κ2) is 8.08. The molecule has 1 aromatic heterocycles. The van der Waals surface area contributed by atoms with Crippen molar-refractivity contribution in [3.63, 3.8) is 0 Å². The number of aryl methyl sites for hydroxylation is 2. The first kappa shape index (κ1) is 20.6. The van der Waals surface area contributed by atoms with Crippen LogP contribution in [0, 0.1) is 19.7 Å². The molecule has 0 spiro atoms.